The number of hydrogen-bond donors (Lipinski definition) is 2. The smallest absolute Gasteiger partial charge is 0.424 e. The Morgan fingerprint density at radius 2 is 2.19 bits per heavy atom. The Morgan fingerprint density at radius 3 is 2.69 bits per heavy atom. The molecule has 1 aromatic heterocycles. The lowest BCUT2D eigenvalue weighted by Gasteiger charge is -2.07. The standard InChI is InChI=1S/C11H16BNO3/c1-9(2)10-4-7-13(11(14)8-10)6-3-5-12(15)16/h3-5,7-9,15-16H,6H2,1-2H3/b5-3+. The normalized spacial score (nSPS) is 11.3. The van der Waals surface area contributed by atoms with E-state index in [-0.39, 0.29) is 5.56 Å². The maximum absolute atomic E-state index is 11.6. The third kappa shape index (κ3) is 3.68. The predicted molar refractivity (Wildman–Crippen MR) is 64.1 cm³/mol. The quantitative estimate of drug-likeness (QED) is 0.729. The number of nitrogens with zero attached hydrogens (tertiary/aromatic N) is 1. The molecule has 0 radical (unpaired) electrons. The molecule has 1 heterocycles. The summed E-state index contributed by atoms with van der Waals surface area (Å²) in [6.45, 7) is 4.40. The van der Waals surface area contributed by atoms with E-state index in [0.717, 1.165) is 5.56 Å². The fraction of sp³-hybridized carbons (Fsp3) is 0.364. The molecule has 0 saturated carbocycles. The SMILES string of the molecule is CC(C)c1ccn(C/C=C/B(O)O)c(=O)c1. The van der Waals surface area contributed by atoms with Gasteiger partial charge in [-0.05, 0) is 17.5 Å². The van der Waals surface area contributed by atoms with E-state index in [2.05, 4.69) is 0 Å². The van der Waals surface area contributed by atoms with Crippen molar-refractivity contribution in [1.82, 2.24) is 4.57 Å². The van der Waals surface area contributed by atoms with Gasteiger partial charge in [0.05, 0.1) is 0 Å². The molecule has 0 fully saturated rings. The molecule has 5 heteroatoms. The Bertz CT molecular complexity index is 423. The minimum atomic E-state index is -1.47. The minimum Gasteiger partial charge on any atom is -0.424 e. The topological polar surface area (TPSA) is 62.5 Å². The van der Waals surface area contributed by atoms with Crippen molar-refractivity contribution in [3.05, 3.63) is 46.3 Å². The largest absolute Gasteiger partial charge is 0.480 e. The van der Waals surface area contributed by atoms with Crippen molar-refractivity contribution in [3.63, 3.8) is 0 Å². The Balaban J connectivity index is 2.80. The minimum absolute atomic E-state index is 0.0803. The van der Waals surface area contributed by atoms with Crippen LogP contribution in [0.3, 0.4) is 0 Å². The van der Waals surface area contributed by atoms with Gasteiger partial charge in [0.1, 0.15) is 0 Å². The summed E-state index contributed by atoms with van der Waals surface area (Å²) in [4.78, 5) is 11.6. The maximum atomic E-state index is 11.6. The van der Waals surface area contributed by atoms with Crippen molar-refractivity contribution >= 4 is 7.12 Å². The number of rotatable bonds is 4. The zero-order valence-electron chi connectivity index (χ0n) is 9.50. The molecule has 0 bridgehead atoms. The van der Waals surface area contributed by atoms with E-state index in [1.165, 1.54) is 10.5 Å². The molecule has 4 nitrogen and oxygen atoms in total. The number of allylic oxidation sites excluding steroid dienone is 1. The van der Waals surface area contributed by atoms with Crippen LogP contribution < -0.4 is 5.56 Å². The molecule has 2 N–H and O–H groups in total. The highest BCUT2D eigenvalue weighted by atomic mass is 16.4. The van der Waals surface area contributed by atoms with Crippen molar-refractivity contribution in [2.75, 3.05) is 0 Å². The Kier molecular flexibility index (Phi) is 4.52. The highest BCUT2D eigenvalue weighted by Crippen LogP contribution is 2.10. The predicted octanol–water partition coefficient (Wildman–Crippen LogP) is 0.540. The Labute approximate surface area is 95.0 Å². The fourth-order valence-electron chi connectivity index (χ4n) is 1.33. The summed E-state index contributed by atoms with van der Waals surface area (Å²) in [5, 5.41) is 17.2. The van der Waals surface area contributed by atoms with Crippen molar-refractivity contribution in [3.8, 4) is 0 Å². The molecule has 0 aromatic carbocycles. The summed E-state index contributed by atoms with van der Waals surface area (Å²) < 4.78 is 1.50. The first-order chi connectivity index (χ1) is 7.50. The average Bonchev–Trinajstić information content (AvgIpc) is 2.19. The fourth-order valence-corrected chi connectivity index (χ4v) is 1.33. The molecule has 16 heavy (non-hydrogen) atoms. The molecular weight excluding hydrogens is 205 g/mol. The van der Waals surface area contributed by atoms with Gasteiger partial charge in [0, 0.05) is 18.8 Å². The summed E-state index contributed by atoms with van der Waals surface area (Å²) in [6, 6.07) is 3.50. The number of pyridine rings is 1. The van der Waals surface area contributed by atoms with E-state index < -0.39 is 7.12 Å². The lowest BCUT2D eigenvalue weighted by molar-refractivity contribution is 0.424. The second-order valence-electron chi connectivity index (χ2n) is 3.95. The van der Waals surface area contributed by atoms with Crippen LogP contribution in [0.25, 0.3) is 0 Å². The summed E-state index contributed by atoms with van der Waals surface area (Å²) >= 11 is 0. The second kappa shape index (κ2) is 5.68. The molecule has 0 amide bonds. The molecule has 1 aromatic rings. The van der Waals surface area contributed by atoms with Crippen LogP contribution >= 0.6 is 0 Å². The molecule has 0 unspecified atom stereocenters. The molecule has 0 aliphatic rings. The van der Waals surface area contributed by atoms with Gasteiger partial charge in [-0.3, -0.25) is 4.79 Å². The van der Waals surface area contributed by atoms with Crippen LogP contribution in [-0.4, -0.2) is 21.7 Å². The Morgan fingerprint density at radius 1 is 1.50 bits per heavy atom. The van der Waals surface area contributed by atoms with Crippen molar-refractivity contribution < 1.29 is 10.0 Å². The highest BCUT2D eigenvalue weighted by molar-refractivity contribution is 6.47. The number of hydrogen-bond acceptors (Lipinski definition) is 3. The van der Waals surface area contributed by atoms with Crippen LogP contribution in [0, 0.1) is 0 Å². The molecule has 0 aliphatic carbocycles. The first-order valence-corrected chi connectivity index (χ1v) is 5.24. The third-order valence-electron chi connectivity index (χ3n) is 2.30. The summed E-state index contributed by atoms with van der Waals surface area (Å²) in [5.74, 6) is 1.56. The van der Waals surface area contributed by atoms with E-state index in [1.54, 1.807) is 18.3 Å². The lowest BCUT2D eigenvalue weighted by Crippen LogP contribution is -2.19. The lowest BCUT2D eigenvalue weighted by atomic mass is 9.92. The summed E-state index contributed by atoms with van der Waals surface area (Å²) in [6.07, 6.45) is 3.26. The third-order valence-corrected chi connectivity index (χ3v) is 2.30. The first-order valence-electron chi connectivity index (χ1n) is 5.24. The van der Waals surface area contributed by atoms with Crippen LogP contribution in [0.5, 0.6) is 0 Å². The number of aromatic nitrogens is 1. The average molecular weight is 221 g/mol. The van der Waals surface area contributed by atoms with Crippen LogP contribution in [0.2, 0.25) is 0 Å². The van der Waals surface area contributed by atoms with Crippen LogP contribution in [0.4, 0.5) is 0 Å². The zero-order chi connectivity index (χ0) is 12.1. The van der Waals surface area contributed by atoms with E-state index in [4.69, 9.17) is 10.0 Å². The van der Waals surface area contributed by atoms with Gasteiger partial charge in [-0.15, -0.1) is 0 Å². The zero-order valence-corrected chi connectivity index (χ0v) is 9.50. The maximum Gasteiger partial charge on any atom is 0.480 e. The second-order valence-corrected chi connectivity index (χ2v) is 3.95. The molecule has 1 rings (SSSR count). The highest BCUT2D eigenvalue weighted by Gasteiger charge is 2.02. The summed E-state index contributed by atoms with van der Waals surface area (Å²) in [7, 11) is -1.47. The summed E-state index contributed by atoms with van der Waals surface area (Å²) in [5.41, 5.74) is 0.927. The van der Waals surface area contributed by atoms with E-state index in [0.29, 0.717) is 12.5 Å². The van der Waals surface area contributed by atoms with E-state index in [9.17, 15) is 4.79 Å². The van der Waals surface area contributed by atoms with Crippen LogP contribution in [0.15, 0.2) is 35.2 Å². The molecule has 86 valence electrons. The van der Waals surface area contributed by atoms with Crippen molar-refractivity contribution in [2.24, 2.45) is 0 Å². The Hall–Kier alpha value is -1.33. The molecule has 0 atom stereocenters. The molecule has 0 saturated heterocycles. The van der Waals surface area contributed by atoms with Gasteiger partial charge in [0.25, 0.3) is 5.56 Å². The van der Waals surface area contributed by atoms with Gasteiger partial charge in [0.15, 0.2) is 0 Å². The van der Waals surface area contributed by atoms with Gasteiger partial charge in [-0.2, -0.15) is 0 Å². The van der Waals surface area contributed by atoms with Crippen molar-refractivity contribution in [1.29, 1.82) is 0 Å². The van der Waals surface area contributed by atoms with E-state index in [1.807, 2.05) is 19.9 Å². The molecule has 0 spiro atoms. The van der Waals surface area contributed by atoms with Crippen LogP contribution in [0.1, 0.15) is 25.3 Å². The first kappa shape index (κ1) is 12.7. The van der Waals surface area contributed by atoms with Crippen molar-refractivity contribution in [2.45, 2.75) is 26.3 Å². The van der Waals surface area contributed by atoms with Gasteiger partial charge in [0.2, 0.25) is 0 Å². The monoisotopic (exact) mass is 221 g/mol. The van der Waals surface area contributed by atoms with Gasteiger partial charge in [-0.25, -0.2) is 0 Å². The molecular formula is C11H16BNO3. The van der Waals surface area contributed by atoms with E-state index >= 15 is 0 Å². The van der Waals surface area contributed by atoms with Gasteiger partial charge in [-0.1, -0.05) is 25.9 Å². The van der Waals surface area contributed by atoms with Gasteiger partial charge >= 0.3 is 7.12 Å². The molecule has 0 aliphatic heterocycles. The van der Waals surface area contributed by atoms with Crippen LogP contribution in [-0.2, 0) is 6.54 Å². The van der Waals surface area contributed by atoms with Gasteiger partial charge < -0.3 is 14.6 Å².